The highest BCUT2D eigenvalue weighted by Gasteiger charge is 2.22. The highest BCUT2D eigenvalue weighted by molar-refractivity contribution is 5.32. The summed E-state index contributed by atoms with van der Waals surface area (Å²) in [5.74, 6) is 0.611. The minimum absolute atomic E-state index is 0.202. The fraction of sp³-hybridized carbons (Fsp3) is 0.571. The number of hydrogen-bond donors (Lipinski definition) is 1. The van der Waals surface area contributed by atoms with Gasteiger partial charge in [0.25, 0.3) is 0 Å². The lowest BCUT2D eigenvalue weighted by Gasteiger charge is -2.29. The van der Waals surface area contributed by atoms with Crippen LogP contribution in [0.5, 0.6) is 5.75 Å². The van der Waals surface area contributed by atoms with Crippen molar-refractivity contribution in [2.75, 3.05) is 7.05 Å². The maximum atomic E-state index is 13.0. The summed E-state index contributed by atoms with van der Waals surface area (Å²) in [6.45, 7) is 1.89. The Kier molecular flexibility index (Phi) is 4.00. The van der Waals surface area contributed by atoms with Gasteiger partial charge in [-0.05, 0) is 63.4 Å². The Bertz CT molecular complexity index is 380. The fourth-order valence-corrected chi connectivity index (χ4v) is 2.44. The highest BCUT2D eigenvalue weighted by atomic mass is 19.1. The second-order valence-corrected chi connectivity index (χ2v) is 4.80. The highest BCUT2D eigenvalue weighted by Crippen LogP contribution is 2.26. The zero-order valence-corrected chi connectivity index (χ0v) is 10.5. The summed E-state index contributed by atoms with van der Waals surface area (Å²) < 4.78 is 18.9. The molecule has 1 aliphatic rings. The average Bonchev–Trinajstić information content (AvgIpc) is 2.33. The molecule has 1 aliphatic carbocycles. The van der Waals surface area contributed by atoms with E-state index < -0.39 is 0 Å². The molecule has 3 heteroatoms. The fourth-order valence-electron chi connectivity index (χ4n) is 2.44. The number of rotatable bonds is 3. The molecular weight excluding hydrogens is 217 g/mol. The van der Waals surface area contributed by atoms with Crippen LogP contribution in [-0.4, -0.2) is 19.2 Å². The second-order valence-electron chi connectivity index (χ2n) is 4.80. The Morgan fingerprint density at radius 1 is 1.35 bits per heavy atom. The van der Waals surface area contributed by atoms with Crippen molar-refractivity contribution in [3.8, 4) is 5.75 Å². The summed E-state index contributed by atoms with van der Waals surface area (Å²) in [7, 11) is 2.00. The molecule has 2 rings (SSSR count). The summed E-state index contributed by atoms with van der Waals surface area (Å²) >= 11 is 0. The van der Waals surface area contributed by atoms with Crippen molar-refractivity contribution in [1.29, 1.82) is 0 Å². The van der Waals surface area contributed by atoms with Gasteiger partial charge in [0.15, 0.2) is 0 Å². The molecule has 0 heterocycles. The van der Waals surface area contributed by atoms with Gasteiger partial charge in [-0.3, -0.25) is 0 Å². The Balaban J connectivity index is 2.00. The molecule has 1 aromatic rings. The van der Waals surface area contributed by atoms with Crippen molar-refractivity contribution in [1.82, 2.24) is 5.32 Å². The molecule has 1 fully saturated rings. The Labute approximate surface area is 102 Å². The maximum Gasteiger partial charge on any atom is 0.123 e. The summed E-state index contributed by atoms with van der Waals surface area (Å²) in [5, 5.41) is 3.30. The van der Waals surface area contributed by atoms with Crippen molar-refractivity contribution < 1.29 is 9.13 Å². The van der Waals surface area contributed by atoms with E-state index in [9.17, 15) is 4.39 Å². The van der Waals surface area contributed by atoms with Gasteiger partial charge in [-0.15, -0.1) is 0 Å². The molecule has 94 valence electrons. The van der Waals surface area contributed by atoms with E-state index in [1.165, 1.54) is 25.0 Å². The molecule has 2 unspecified atom stereocenters. The SMILES string of the molecule is CNC1CCCC(Oc2ccc(F)cc2C)C1. The lowest BCUT2D eigenvalue weighted by molar-refractivity contribution is 0.136. The van der Waals surface area contributed by atoms with E-state index >= 15 is 0 Å². The molecule has 0 saturated heterocycles. The monoisotopic (exact) mass is 237 g/mol. The lowest BCUT2D eigenvalue weighted by Crippen LogP contribution is -2.36. The van der Waals surface area contributed by atoms with Gasteiger partial charge >= 0.3 is 0 Å². The first-order chi connectivity index (χ1) is 8.19. The van der Waals surface area contributed by atoms with E-state index in [0.717, 1.165) is 24.2 Å². The van der Waals surface area contributed by atoms with E-state index in [0.29, 0.717) is 6.04 Å². The molecule has 0 bridgehead atoms. The number of aryl methyl sites for hydroxylation is 1. The van der Waals surface area contributed by atoms with Gasteiger partial charge in [-0.25, -0.2) is 4.39 Å². The molecule has 17 heavy (non-hydrogen) atoms. The molecule has 2 nitrogen and oxygen atoms in total. The molecule has 1 aromatic carbocycles. The second kappa shape index (κ2) is 5.50. The third-order valence-corrected chi connectivity index (χ3v) is 3.46. The van der Waals surface area contributed by atoms with Gasteiger partial charge in [0.05, 0.1) is 0 Å². The number of nitrogens with one attached hydrogen (secondary N) is 1. The molecule has 1 saturated carbocycles. The summed E-state index contributed by atoms with van der Waals surface area (Å²) in [6, 6.07) is 5.26. The van der Waals surface area contributed by atoms with Crippen LogP contribution in [0.4, 0.5) is 4.39 Å². The third kappa shape index (κ3) is 3.19. The van der Waals surface area contributed by atoms with E-state index in [4.69, 9.17) is 4.74 Å². The van der Waals surface area contributed by atoms with Crippen LogP contribution in [0.25, 0.3) is 0 Å². The molecule has 0 radical (unpaired) electrons. The topological polar surface area (TPSA) is 21.3 Å². The van der Waals surface area contributed by atoms with Gasteiger partial charge in [0, 0.05) is 6.04 Å². The van der Waals surface area contributed by atoms with Crippen LogP contribution in [0.1, 0.15) is 31.2 Å². The van der Waals surface area contributed by atoms with E-state index in [-0.39, 0.29) is 11.9 Å². The first-order valence-electron chi connectivity index (χ1n) is 6.29. The van der Waals surface area contributed by atoms with E-state index in [1.54, 1.807) is 6.07 Å². The summed E-state index contributed by atoms with van der Waals surface area (Å²) in [5.41, 5.74) is 0.872. The average molecular weight is 237 g/mol. The molecule has 0 amide bonds. The molecule has 1 N–H and O–H groups in total. The van der Waals surface area contributed by atoms with E-state index in [1.807, 2.05) is 14.0 Å². The van der Waals surface area contributed by atoms with Crippen LogP contribution in [0.3, 0.4) is 0 Å². The zero-order chi connectivity index (χ0) is 12.3. The molecule has 0 spiro atoms. The van der Waals surface area contributed by atoms with Gasteiger partial charge < -0.3 is 10.1 Å². The van der Waals surface area contributed by atoms with Crippen molar-refractivity contribution in [3.05, 3.63) is 29.6 Å². The van der Waals surface area contributed by atoms with Crippen LogP contribution in [0.15, 0.2) is 18.2 Å². The van der Waals surface area contributed by atoms with Crippen LogP contribution < -0.4 is 10.1 Å². The van der Waals surface area contributed by atoms with Crippen LogP contribution in [-0.2, 0) is 0 Å². The van der Waals surface area contributed by atoms with E-state index in [2.05, 4.69) is 5.32 Å². The molecular formula is C14H20FNO. The summed E-state index contributed by atoms with van der Waals surface area (Å²) in [6.07, 6.45) is 4.79. The Hall–Kier alpha value is -1.09. The Morgan fingerprint density at radius 3 is 2.88 bits per heavy atom. The van der Waals surface area contributed by atoms with Gasteiger partial charge in [-0.1, -0.05) is 0 Å². The normalized spacial score (nSPS) is 24.6. The van der Waals surface area contributed by atoms with Crippen molar-refractivity contribution in [3.63, 3.8) is 0 Å². The molecule has 0 aliphatic heterocycles. The maximum absolute atomic E-state index is 13.0. The molecule has 2 atom stereocenters. The van der Waals surface area contributed by atoms with Crippen molar-refractivity contribution in [2.24, 2.45) is 0 Å². The quantitative estimate of drug-likeness (QED) is 0.872. The largest absolute Gasteiger partial charge is 0.490 e. The number of benzene rings is 1. The van der Waals surface area contributed by atoms with Crippen LogP contribution in [0.2, 0.25) is 0 Å². The smallest absolute Gasteiger partial charge is 0.123 e. The summed E-state index contributed by atoms with van der Waals surface area (Å²) in [4.78, 5) is 0. The predicted octanol–water partition coefficient (Wildman–Crippen LogP) is 3.04. The first kappa shape index (κ1) is 12.4. The lowest BCUT2D eigenvalue weighted by atomic mass is 9.93. The zero-order valence-electron chi connectivity index (χ0n) is 10.5. The third-order valence-electron chi connectivity index (χ3n) is 3.46. The number of ether oxygens (including phenoxy) is 1. The minimum Gasteiger partial charge on any atom is -0.490 e. The van der Waals surface area contributed by atoms with Gasteiger partial charge in [0.1, 0.15) is 17.7 Å². The van der Waals surface area contributed by atoms with Crippen molar-refractivity contribution in [2.45, 2.75) is 44.8 Å². The van der Waals surface area contributed by atoms with Crippen LogP contribution >= 0.6 is 0 Å². The molecule has 0 aromatic heterocycles. The van der Waals surface area contributed by atoms with Gasteiger partial charge in [0.2, 0.25) is 0 Å². The van der Waals surface area contributed by atoms with Crippen molar-refractivity contribution >= 4 is 0 Å². The number of hydrogen-bond acceptors (Lipinski definition) is 2. The minimum atomic E-state index is -0.202. The predicted molar refractivity (Wildman–Crippen MR) is 66.9 cm³/mol. The van der Waals surface area contributed by atoms with Gasteiger partial charge in [-0.2, -0.15) is 0 Å². The Morgan fingerprint density at radius 2 is 2.18 bits per heavy atom. The standard InChI is InChI=1S/C14H20FNO/c1-10-8-11(15)6-7-14(10)17-13-5-3-4-12(9-13)16-2/h6-8,12-13,16H,3-5,9H2,1-2H3. The van der Waals surface area contributed by atoms with Crippen LogP contribution in [0, 0.1) is 12.7 Å². The number of halogens is 1. The first-order valence-corrected chi connectivity index (χ1v) is 6.29.